The molecule has 0 spiro atoms. The van der Waals surface area contributed by atoms with Crippen molar-refractivity contribution >= 4 is 34.7 Å². The Kier molecular flexibility index (Phi) is 4.56. The topological polar surface area (TPSA) is 54.6 Å². The van der Waals surface area contributed by atoms with Gasteiger partial charge in [0.05, 0.1) is 18.2 Å². The lowest BCUT2D eigenvalue weighted by molar-refractivity contribution is -0.118. The van der Waals surface area contributed by atoms with Crippen molar-refractivity contribution in [1.29, 1.82) is 0 Å². The molecule has 0 fully saturated rings. The number of amides is 1. The van der Waals surface area contributed by atoms with Crippen LogP contribution in [0.1, 0.15) is 5.76 Å². The van der Waals surface area contributed by atoms with E-state index in [1.165, 1.54) is 23.4 Å². The average molecular weight is 310 g/mol. The molecule has 2 aromatic carbocycles. The Morgan fingerprint density at radius 2 is 2.00 bits per heavy atom. The molecule has 0 radical (unpaired) electrons. The number of hydrogen-bond donors (Lipinski definition) is 1. The Labute approximate surface area is 132 Å². The number of carbonyl (C=O) groups excluding carboxylic acids is 1. The Bertz CT molecular complexity index is 792. The fraction of sp³-hybridized carbons (Fsp3) is 0.0588. The normalized spacial score (nSPS) is 11.1. The van der Waals surface area contributed by atoms with Gasteiger partial charge in [0.25, 0.3) is 0 Å². The SMILES string of the molecule is O=C(CSc1cccc2ccccc12)N/N=C\c1ccco1. The summed E-state index contributed by atoms with van der Waals surface area (Å²) in [5.41, 5.74) is 2.49. The number of furan rings is 1. The van der Waals surface area contributed by atoms with E-state index in [0.29, 0.717) is 11.5 Å². The predicted molar refractivity (Wildman–Crippen MR) is 89.1 cm³/mol. The third-order valence-electron chi connectivity index (χ3n) is 3.03. The lowest BCUT2D eigenvalue weighted by Crippen LogP contribution is -2.19. The first-order valence-corrected chi connectivity index (χ1v) is 7.77. The van der Waals surface area contributed by atoms with Gasteiger partial charge in [-0.05, 0) is 29.0 Å². The van der Waals surface area contributed by atoms with Crippen LogP contribution in [0.2, 0.25) is 0 Å². The second-order valence-electron chi connectivity index (χ2n) is 4.57. The molecule has 0 unspecified atom stereocenters. The summed E-state index contributed by atoms with van der Waals surface area (Å²) < 4.78 is 5.09. The molecule has 0 saturated heterocycles. The third kappa shape index (κ3) is 3.56. The van der Waals surface area contributed by atoms with Gasteiger partial charge in [-0.2, -0.15) is 5.10 Å². The van der Waals surface area contributed by atoms with E-state index < -0.39 is 0 Å². The van der Waals surface area contributed by atoms with Gasteiger partial charge in [0.15, 0.2) is 0 Å². The van der Waals surface area contributed by atoms with E-state index in [1.807, 2.05) is 24.3 Å². The average Bonchev–Trinajstić information content (AvgIpc) is 3.06. The second kappa shape index (κ2) is 6.95. The molecule has 1 heterocycles. The molecule has 4 nitrogen and oxygen atoms in total. The van der Waals surface area contributed by atoms with E-state index in [0.717, 1.165) is 10.3 Å². The van der Waals surface area contributed by atoms with Gasteiger partial charge < -0.3 is 4.42 Å². The molecule has 0 aliphatic rings. The molecule has 22 heavy (non-hydrogen) atoms. The molecule has 0 atom stereocenters. The smallest absolute Gasteiger partial charge is 0.250 e. The summed E-state index contributed by atoms with van der Waals surface area (Å²) in [5.74, 6) is 0.756. The fourth-order valence-corrected chi connectivity index (χ4v) is 2.90. The lowest BCUT2D eigenvalue weighted by Gasteiger charge is -2.05. The van der Waals surface area contributed by atoms with Crippen molar-refractivity contribution in [2.75, 3.05) is 5.75 Å². The van der Waals surface area contributed by atoms with Crippen LogP contribution in [0.4, 0.5) is 0 Å². The van der Waals surface area contributed by atoms with E-state index >= 15 is 0 Å². The minimum absolute atomic E-state index is 0.152. The van der Waals surface area contributed by atoms with E-state index in [4.69, 9.17) is 4.42 Å². The maximum absolute atomic E-state index is 11.8. The molecular weight excluding hydrogens is 296 g/mol. The minimum Gasteiger partial charge on any atom is -0.463 e. The molecule has 0 aliphatic heterocycles. The molecule has 1 amide bonds. The number of carbonyl (C=O) groups is 1. The fourth-order valence-electron chi connectivity index (χ4n) is 2.03. The summed E-state index contributed by atoms with van der Waals surface area (Å²) in [7, 11) is 0. The first kappa shape index (κ1) is 14.4. The number of rotatable bonds is 5. The molecule has 1 N–H and O–H groups in total. The number of thioether (sulfide) groups is 1. The predicted octanol–water partition coefficient (Wildman–Crippen LogP) is 3.68. The van der Waals surface area contributed by atoms with E-state index in [-0.39, 0.29) is 5.91 Å². The molecule has 0 saturated carbocycles. The van der Waals surface area contributed by atoms with Crippen molar-refractivity contribution in [2.24, 2.45) is 5.10 Å². The molecule has 110 valence electrons. The van der Waals surface area contributed by atoms with Crippen LogP contribution < -0.4 is 5.43 Å². The largest absolute Gasteiger partial charge is 0.463 e. The van der Waals surface area contributed by atoms with Crippen LogP contribution in [0.5, 0.6) is 0 Å². The van der Waals surface area contributed by atoms with Gasteiger partial charge in [0.2, 0.25) is 5.91 Å². The highest BCUT2D eigenvalue weighted by atomic mass is 32.2. The number of benzene rings is 2. The van der Waals surface area contributed by atoms with Gasteiger partial charge >= 0.3 is 0 Å². The van der Waals surface area contributed by atoms with Crippen LogP contribution in [0.3, 0.4) is 0 Å². The van der Waals surface area contributed by atoms with Crippen LogP contribution in [-0.2, 0) is 4.79 Å². The van der Waals surface area contributed by atoms with Gasteiger partial charge in [0, 0.05) is 4.90 Å². The minimum atomic E-state index is -0.152. The third-order valence-corrected chi connectivity index (χ3v) is 4.11. The first-order chi connectivity index (χ1) is 10.8. The number of fused-ring (bicyclic) bond motifs is 1. The Morgan fingerprint density at radius 3 is 2.86 bits per heavy atom. The second-order valence-corrected chi connectivity index (χ2v) is 5.59. The van der Waals surface area contributed by atoms with Crippen LogP contribution in [-0.4, -0.2) is 17.9 Å². The maximum atomic E-state index is 11.8. The van der Waals surface area contributed by atoms with Gasteiger partial charge in [0.1, 0.15) is 5.76 Å². The van der Waals surface area contributed by atoms with Gasteiger partial charge in [-0.15, -0.1) is 11.8 Å². The van der Waals surface area contributed by atoms with Gasteiger partial charge in [-0.25, -0.2) is 5.43 Å². The van der Waals surface area contributed by atoms with Crippen LogP contribution in [0, 0.1) is 0 Å². The summed E-state index contributed by atoms with van der Waals surface area (Å²) in [6.07, 6.45) is 3.03. The van der Waals surface area contributed by atoms with Crippen molar-refractivity contribution in [3.63, 3.8) is 0 Å². The number of hydrazone groups is 1. The summed E-state index contributed by atoms with van der Waals surface area (Å²) in [6, 6.07) is 17.7. The first-order valence-electron chi connectivity index (χ1n) is 6.79. The molecule has 3 aromatic rings. The highest BCUT2D eigenvalue weighted by Gasteiger charge is 2.05. The zero-order valence-corrected chi connectivity index (χ0v) is 12.5. The number of hydrogen-bond acceptors (Lipinski definition) is 4. The standard InChI is InChI=1S/C17H14N2O2S/c20-17(19-18-11-14-7-4-10-21-14)12-22-16-9-3-6-13-5-1-2-8-15(13)16/h1-11H,12H2,(H,19,20)/b18-11-. The molecular formula is C17H14N2O2S. The van der Waals surface area contributed by atoms with Crippen molar-refractivity contribution in [2.45, 2.75) is 4.90 Å². The highest BCUT2D eigenvalue weighted by Crippen LogP contribution is 2.27. The van der Waals surface area contributed by atoms with Gasteiger partial charge in [-0.1, -0.05) is 36.4 Å². The summed E-state index contributed by atoms with van der Waals surface area (Å²) in [5, 5.41) is 6.18. The lowest BCUT2D eigenvalue weighted by atomic mass is 10.1. The van der Waals surface area contributed by atoms with Crippen LogP contribution in [0.15, 0.2) is 75.3 Å². The van der Waals surface area contributed by atoms with Crippen molar-refractivity contribution in [3.8, 4) is 0 Å². The molecule has 5 heteroatoms. The highest BCUT2D eigenvalue weighted by molar-refractivity contribution is 8.00. The summed E-state index contributed by atoms with van der Waals surface area (Å²) in [6.45, 7) is 0. The Morgan fingerprint density at radius 1 is 1.14 bits per heavy atom. The molecule has 1 aromatic heterocycles. The number of nitrogens with one attached hydrogen (secondary N) is 1. The molecule has 0 aliphatic carbocycles. The van der Waals surface area contributed by atoms with E-state index in [2.05, 4.69) is 28.7 Å². The van der Waals surface area contributed by atoms with Crippen molar-refractivity contribution in [3.05, 3.63) is 66.6 Å². The Hall–Kier alpha value is -2.53. The van der Waals surface area contributed by atoms with Crippen molar-refractivity contribution < 1.29 is 9.21 Å². The molecule has 0 bridgehead atoms. The zero-order valence-electron chi connectivity index (χ0n) is 11.7. The monoisotopic (exact) mass is 310 g/mol. The van der Waals surface area contributed by atoms with E-state index in [1.54, 1.807) is 18.4 Å². The zero-order chi connectivity index (χ0) is 15.2. The Balaban J connectivity index is 1.58. The quantitative estimate of drug-likeness (QED) is 0.444. The van der Waals surface area contributed by atoms with Crippen molar-refractivity contribution in [1.82, 2.24) is 5.43 Å². The summed E-state index contributed by atoms with van der Waals surface area (Å²) in [4.78, 5) is 12.9. The van der Waals surface area contributed by atoms with Crippen LogP contribution >= 0.6 is 11.8 Å². The van der Waals surface area contributed by atoms with Gasteiger partial charge in [-0.3, -0.25) is 4.79 Å². The van der Waals surface area contributed by atoms with E-state index in [9.17, 15) is 4.79 Å². The summed E-state index contributed by atoms with van der Waals surface area (Å²) >= 11 is 1.50. The number of nitrogens with zero attached hydrogens (tertiary/aromatic N) is 1. The van der Waals surface area contributed by atoms with Crippen LogP contribution in [0.25, 0.3) is 10.8 Å². The maximum Gasteiger partial charge on any atom is 0.250 e. The molecule has 3 rings (SSSR count).